The average Bonchev–Trinajstić information content (AvgIpc) is 2.73. The van der Waals surface area contributed by atoms with E-state index in [4.69, 9.17) is 0 Å². The Bertz CT molecular complexity index is 346. The SMILES string of the molecule is CC1NCCC1C(=O)c1nncn1C. The van der Waals surface area contributed by atoms with Gasteiger partial charge >= 0.3 is 0 Å². The number of aromatic nitrogens is 3. The van der Waals surface area contributed by atoms with Crippen molar-refractivity contribution in [2.75, 3.05) is 6.54 Å². The van der Waals surface area contributed by atoms with Gasteiger partial charge in [0.2, 0.25) is 5.78 Å². The summed E-state index contributed by atoms with van der Waals surface area (Å²) in [5.41, 5.74) is 0. The van der Waals surface area contributed by atoms with Crippen molar-refractivity contribution in [3.8, 4) is 0 Å². The van der Waals surface area contributed by atoms with Gasteiger partial charge in [0.15, 0.2) is 5.82 Å². The third-order valence-corrected chi connectivity index (χ3v) is 2.79. The van der Waals surface area contributed by atoms with E-state index in [9.17, 15) is 4.79 Å². The van der Waals surface area contributed by atoms with Gasteiger partial charge in [0.1, 0.15) is 6.33 Å². The molecule has 1 aromatic heterocycles. The predicted octanol–water partition coefficient (Wildman–Crippen LogP) is -0.00420. The second-order valence-electron chi connectivity index (χ2n) is 3.77. The molecule has 0 amide bonds. The van der Waals surface area contributed by atoms with Gasteiger partial charge < -0.3 is 9.88 Å². The molecule has 76 valence electrons. The molecule has 0 aromatic carbocycles. The Morgan fingerprint density at radius 1 is 1.71 bits per heavy atom. The van der Waals surface area contributed by atoms with Gasteiger partial charge in [-0.1, -0.05) is 0 Å². The highest BCUT2D eigenvalue weighted by Crippen LogP contribution is 2.19. The van der Waals surface area contributed by atoms with Crippen LogP contribution in [0.4, 0.5) is 0 Å². The van der Waals surface area contributed by atoms with Crippen LogP contribution in [0, 0.1) is 5.92 Å². The standard InChI is InChI=1S/C9H14N4O/c1-6-7(3-4-10-6)8(14)9-12-11-5-13(9)2/h5-7,10H,3-4H2,1-2H3. The molecule has 1 aromatic rings. The van der Waals surface area contributed by atoms with E-state index >= 15 is 0 Å². The third kappa shape index (κ3) is 1.43. The van der Waals surface area contributed by atoms with Crippen LogP contribution < -0.4 is 5.32 Å². The molecular formula is C9H14N4O. The van der Waals surface area contributed by atoms with E-state index in [0.717, 1.165) is 13.0 Å². The quantitative estimate of drug-likeness (QED) is 0.673. The van der Waals surface area contributed by atoms with Gasteiger partial charge in [-0.3, -0.25) is 4.79 Å². The number of carbonyl (C=O) groups excluding carboxylic acids is 1. The number of hydrogen-bond donors (Lipinski definition) is 1. The molecule has 2 rings (SSSR count). The van der Waals surface area contributed by atoms with Gasteiger partial charge in [-0.15, -0.1) is 10.2 Å². The lowest BCUT2D eigenvalue weighted by atomic mass is 9.96. The summed E-state index contributed by atoms with van der Waals surface area (Å²) >= 11 is 0. The fourth-order valence-corrected chi connectivity index (χ4v) is 1.89. The highest BCUT2D eigenvalue weighted by Gasteiger charge is 2.32. The Balaban J connectivity index is 2.20. The van der Waals surface area contributed by atoms with Gasteiger partial charge in [0, 0.05) is 19.0 Å². The fraction of sp³-hybridized carbons (Fsp3) is 0.667. The number of carbonyl (C=O) groups is 1. The Morgan fingerprint density at radius 2 is 2.50 bits per heavy atom. The first-order valence-electron chi connectivity index (χ1n) is 4.81. The highest BCUT2D eigenvalue weighted by atomic mass is 16.1. The van der Waals surface area contributed by atoms with Gasteiger partial charge in [-0.05, 0) is 19.9 Å². The zero-order valence-corrected chi connectivity index (χ0v) is 8.40. The number of Topliss-reactive ketones (excluding diaryl/α,β-unsaturated/α-hetero) is 1. The molecule has 2 heterocycles. The summed E-state index contributed by atoms with van der Waals surface area (Å²) < 4.78 is 1.67. The van der Waals surface area contributed by atoms with Crippen molar-refractivity contribution >= 4 is 5.78 Å². The molecule has 14 heavy (non-hydrogen) atoms. The number of nitrogens with one attached hydrogen (secondary N) is 1. The van der Waals surface area contributed by atoms with E-state index in [1.807, 2.05) is 6.92 Å². The lowest BCUT2D eigenvalue weighted by Gasteiger charge is -2.12. The van der Waals surface area contributed by atoms with Crippen molar-refractivity contribution in [2.24, 2.45) is 13.0 Å². The van der Waals surface area contributed by atoms with E-state index in [1.165, 1.54) is 0 Å². The molecule has 1 fully saturated rings. The van der Waals surface area contributed by atoms with Gasteiger partial charge in [0.25, 0.3) is 0 Å². The summed E-state index contributed by atoms with van der Waals surface area (Å²) in [6.07, 6.45) is 2.45. The Kier molecular flexibility index (Phi) is 2.33. The molecule has 1 aliphatic rings. The topological polar surface area (TPSA) is 59.8 Å². The first-order valence-corrected chi connectivity index (χ1v) is 4.81. The Labute approximate surface area is 82.5 Å². The van der Waals surface area contributed by atoms with Crippen molar-refractivity contribution in [3.63, 3.8) is 0 Å². The summed E-state index contributed by atoms with van der Waals surface area (Å²) in [5.74, 6) is 0.617. The van der Waals surface area contributed by atoms with Crippen molar-refractivity contribution in [1.29, 1.82) is 0 Å². The van der Waals surface area contributed by atoms with Crippen LogP contribution in [0.15, 0.2) is 6.33 Å². The van der Waals surface area contributed by atoms with Crippen molar-refractivity contribution < 1.29 is 4.79 Å². The summed E-state index contributed by atoms with van der Waals surface area (Å²) in [6.45, 7) is 2.95. The van der Waals surface area contributed by atoms with E-state index in [0.29, 0.717) is 5.82 Å². The predicted molar refractivity (Wildman–Crippen MR) is 50.9 cm³/mol. The summed E-state index contributed by atoms with van der Waals surface area (Å²) in [4.78, 5) is 12.0. The Morgan fingerprint density at radius 3 is 3.00 bits per heavy atom. The lowest BCUT2D eigenvalue weighted by molar-refractivity contribution is 0.0899. The largest absolute Gasteiger partial charge is 0.314 e. The zero-order chi connectivity index (χ0) is 10.1. The van der Waals surface area contributed by atoms with E-state index in [1.54, 1.807) is 17.9 Å². The molecule has 1 N–H and O–H groups in total. The van der Waals surface area contributed by atoms with Crippen LogP contribution >= 0.6 is 0 Å². The average molecular weight is 194 g/mol. The second kappa shape index (κ2) is 3.49. The molecule has 5 heteroatoms. The smallest absolute Gasteiger partial charge is 0.204 e. The first kappa shape index (κ1) is 9.33. The minimum absolute atomic E-state index is 0.0536. The molecule has 5 nitrogen and oxygen atoms in total. The second-order valence-corrected chi connectivity index (χ2v) is 3.77. The monoisotopic (exact) mass is 194 g/mol. The third-order valence-electron chi connectivity index (χ3n) is 2.79. The Hall–Kier alpha value is -1.23. The van der Waals surface area contributed by atoms with Crippen LogP contribution in [0.5, 0.6) is 0 Å². The van der Waals surface area contributed by atoms with Crippen LogP contribution in [0.2, 0.25) is 0 Å². The molecule has 0 saturated carbocycles. The van der Waals surface area contributed by atoms with Gasteiger partial charge in [-0.2, -0.15) is 0 Å². The van der Waals surface area contributed by atoms with Crippen molar-refractivity contribution in [2.45, 2.75) is 19.4 Å². The van der Waals surface area contributed by atoms with Crippen LogP contribution in [-0.4, -0.2) is 33.1 Å². The molecule has 0 spiro atoms. The van der Waals surface area contributed by atoms with Crippen LogP contribution in [0.25, 0.3) is 0 Å². The van der Waals surface area contributed by atoms with Gasteiger partial charge in [-0.25, -0.2) is 0 Å². The number of aryl methyl sites for hydroxylation is 1. The molecule has 0 bridgehead atoms. The summed E-state index contributed by atoms with van der Waals surface area (Å²) in [7, 11) is 1.79. The van der Waals surface area contributed by atoms with E-state index < -0.39 is 0 Å². The van der Waals surface area contributed by atoms with Crippen molar-refractivity contribution in [3.05, 3.63) is 12.2 Å². The molecular weight excluding hydrogens is 180 g/mol. The van der Waals surface area contributed by atoms with Gasteiger partial charge in [0.05, 0.1) is 0 Å². The number of ketones is 1. The fourth-order valence-electron chi connectivity index (χ4n) is 1.89. The molecule has 2 unspecified atom stereocenters. The number of nitrogens with zero attached hydrogens (tertiary/aromatic N) is 3. The first-order chi connectivity index (χ1) is 6.70. The minimum atomic E-state index is 0.0536. The maximum atomic E-state index is 12.0. The minimum Gasteiger partial charge on any atom is -0.314 e. The lowest BCUT2D eigenvalue weighted by Crippen LogP contribution is -2.29. The van der Waals surface area contributed by atoms with Crippen LogP contribution in [0.3, 0.4) is 0 Å². The number of rotatable bonds is 2. The molecule has 1 saturated heterocycles. The number of hydrogen-bond acceptors (Lipinski definition) is 4. The zero-order valence-electron chi connectivity index (χ0n) is 8.40. The summed E-state index contributed by atoms with van der Waals surface area (Å²) in [5, 5.41) is 10.8. The van der Waals surface area contributed by atoms with Crippen molar-refractivity contribution in [1.82, 2.24) is 20.1 Å². The van der Waals surface area contributed by atoms with Crippen LogP contribution in [0.1, 0.15) is 24.0 Å². The summed E-state index contributed by atoms with van der Waals surface area (Å²) in [6, 6.07) is 0.249. The molecule has 2 atom stereocenters. The van der Waals surface area contributed by atoms with E-state index in [-0.39, 0.29) is 17.7 Å². The molecule has 0 aliphatic carbocycles. The maximum absolute atomic E-state index is 12.0. The molecule has 1 aliphatic heterocycles. The van der Waals surface area contributed by atoms with E-state index in [2.05, 4.69) is 15.5 Å². The maximum Gasteiger partial charge on any atom is 0.204 e. The van der Waals surface area contributed by atoms with Crippen LogP contribution in [-0.2, 0) is 7.05 Å². The normalized spacial score (nSPS) is 26.7. The molecule has 0 radical (unpaired) electrons. The highest BCUT2D eigenvalue weighted by molar-refractivity contribution is 5.95.